The van der Waals surface area contributed by atoms with Crippen LogP contribution in [0.4, 0.5) is 0 Å². The van der Waals surface area contributed by atoms with Crippen molar-refractivity contribution in [1.82, 2.24) is 0 Å². The van der Waals surface area contributed by atoms with Crippen molar-refractivity contribution in [3.05, 3.63) is 67.6 Å². The molecule has 0 saturated carbocycles. The summed E-state index contributed by atoms with van der Waals surface area (Å²) in [7, 11) is 0. The Hall–Kier alpha value is -1.26. The molecule has 0 fully saturated rings. The molecule has 98 valence electrons. The Balaban J connectivity index is 2.04. The molecular formula is C16H8Br2O2. The number of benzene rings is 2. The molecule has 2 aliphatic carbocycles. The predicted molar refractivity (Wildman–Crippen MR) is 82.4 cm³/mol. The minimum absolute atomic E-state index is 0.0466. The Morgan fingerprint density at radius 2 is 1.10 bits per heavy atom. The Kier molecular flexibility index (Phi) is 2.57. The van der Waals surface area contributed by atoms with E-state index in [1.807, 2.05) is 36.4 Å². The summed E-state index contributed by atoms with van der Waals surface area (Å²) in [6, 6.07) is 11.1. The van der Waals surface area contributed by atoms with Gasteiger partial charge in [0.15, 0.2) is 11.6 Å². The largest absolute Gasteiger partial charge is 0.293 e. The molecule has 0 heterocycles. The van der Waals surface area contributed by atoms with Gasteiger partial charge >= 0.3 is 0 Å². The van der Waals surface area contributed by atoms with Crippen molar-refractivity contribution in [2.75, 3.05) is 0 Å². The van der Waals surface area contributed by atoms with E-state index in [9.17, 15) is 9.59 Å². The number of rotatable bonds is 0. The van der Waals surface area contributed by atoms with Gasteiger partial charge in [0.05, 0.1) is 11.8 Å². The van der Waals surface area contributed by atoms with Crippen molar-refractivity contribution in [3.8, 4) is 0 Å². The fourth-order valence-electron chi connectivity index (χ4n) is 3.37. The normalized spacial score (nSPS) is 22.7. The van der Waals surface area contributed by atoms with Crippen LogP contribution in [0.15, 0.2) is 45.3 Å². The van der Waals surface area contributed by atoms with Crippen molar-refractivity contribution >= 4 is 43.4 Å². The van der Waals surface area contributed by atoms with Crippen LogP contribution >= 0.6 is 31.9 Å². The summed E-state index contributed by atoms with van der Waals surface area (Å²) in [5.74, 6) is -0.654. The topological polar surface area (TPSA) is 34.1 Å². The van der Waals surface area contributed by atoms with E-state index in [1.165, 1.54) is 0 Å². The van der Waals surface area contributed by atoms with Gasteiger partial charge in [-0.05, 0) is 23.3 Å². The smallest absolute Gasteiger partial charge is 0.171 e. The number of carbonyl (C=O) groups is 2. The summed E-state index contributed by atoms with van der Waals surface area (Å²) >= 11 is 6.97. The van der Waals surface area contributed by atoms with Gasteiger partial charge in [-0.15, -0.1) is 0 Å². The van der Waals surface area contributed by atoms with Gasteiger partial charge in [0, 0.05) is 20.1 Å². The molecule has 0 aliphatic heterocycles. The van der Waals surface area contributed by atoms with E-state index in [0.717, 1.165) is 20.1 Å². The molecule has 4 heteroatoms. The molecule has 0 spiro atoms. The van der Waals surface area contributed by atoms with Crippen molar-refractivity contribution in [2.24, 2.45) is 0 Å². The number of carbonyl (C=O) groups excluding carboxylic acids is 2. The van der Waals surface area contributed by atoms with Crippen molar-refractivity contribution < 1.29 is 9.59 Å². The number of halogens is 2. The number of hydrogen-bond acceptors (Lipinski definition) is 2. The van der Waals surface area contributed by atoms with E-state index in [1.54, 1.807) is 0 Å². The average Bonchev–Trinajstić information content (AvgIpc) is 2.88. The monoisotopic (exact) mass is 390 g/mol. The summed E-state index contributed by atoms with van der Waals surface area (Å²) in [5, 5.41) is 0. The van der Waals surface area contributed by atoms with Crippen LogP contribution in [0.25, 0.3) is 0 Å². The fourth-order valence-corrected chi connectivity index (χ4v) is 4.59. The fraction of sp³-hybridized carbons (Fsp3) is 0.125. The Morgan fingerprint density at radius 3 is 1.50 bits per heavy atom. The Bertz CT molecular complexity index is 728. The van der Waals surface area contributed by atoms with Crippen molar-refractivity contribution in [2.45, 2.75) is 11.8 Å². The van der Waals surface area contributed by atoms with Crippen molar-refractivity contribution in [1.29, 1.82) is 0 Å². The highest BCUT2D eigenvalue weighted by molar-refractivity contribution is 9.10. The molecule has 2 aromatic rings. The first-order chi connectivity index (χ1) is 9.61. The summed E-state index contributed by atoms with van der Waals surface area (Å²) in [6.45, 7) is 0. The van der Waals surface area contributed by atoms with Gasteiger partial charge < -0.3 is 0 Å². The summed E-state index contributed by atoms with van der Waals surface area (Å²) in [5.41, 5.74) is 3.03. The molecule has 0 aromatic heterocycles. The minimum Gasteiger partial charge on any atom is -0.293 e. The highest BCUT2D eigenvalue weighted by atomic mass is 79.9. The lowest BCUT2D eigenvalue weighted by Crippen LogP contribution is -2.09. The third-order valence-corrected chi connectivity index (χ3v) is 5.54. The molecule has 4 rings (SSSR count). The van der Waals surface area contributed by atoms with Crippen LogP contribution in [-0.2, 0) is 0 Å². The Labute approximate surface area is 132 Å². The van der Waals surface area contributed by atoms with E-state index in [-0.39, 0.29) is 23.4 Å². The third-order valence-electron chi connectivity index (χ3n) is 4.16. The molecule has 2 aliphatic rings. The maximum absolute atomic E-state index is 12.7. The van der Waals surface area contributed by atoms with Gasteiger partial charge in [-0.25, -0.2) is 0 Å². The molecule has 0 saturated heterocycles. The number of Topliss-reactive ketones (excluding diaryl/α,β-unsaturated/α-hetero) is 2. The first-order valence-electron chi connectivity index (χ1n) is 6.26. The number of hydrogen-bond donors (Lipinski definition) is 0. The zero-order chi connectivity index (χ0) is 14.0. The second-order valence-electron chi connectivity index (χ2n) is 5.09. The van der Waals surface area contributed by atoms with Crippen molar-refractivity contribution in [3.63, 3.8) is 0 Å². The van der Waals surface area contributed by atoms with E-state index in [4.69, 9.17) is 0 Å². The molecule has 0 bridgehead atoms. The second-order valence-corrected chi connectivity index (χ2v) is 6.79. The van der Waals surface area contributed by atoms with Crippen LogP contribution in [-0.4, -0.2) is 11.6 Å². The predicted octanol–water partition coefficient (Wildman–Crippen LogP) is 4.47. The molecular weight excluding hydrogens is 384 g/mol. The maximum Gasteiger partial charge on any atom is 0.171 e. The SMILES string of the molecule is O=C1c2cccc(Br)c2C2C(=O)c3cccc(Br)c3C12. The van der Waals surface area contributed by atoms with E-state index in [2.05, 4.69) is 31.9 Å². The Morgan fingerprint density at radius 1 is 0.700 bits per heavy atom. The third kappa shape index (κ3) is 1.38. The first kappa shape index (κ1) is 12.5. The van der Waals surface area contributed by atoms with E-state index < -0.39 is 0 Å². The van der Waals surface area contributed by atoms with Gasteiger partial charge in [0.2, 0.25) is 0 Å². The molecule has 2 nitrogen and oxygen atoms in total. The van der Waals surface area contributed by atoms with Crippen LogP contribution in [0.3, 0.4) is 0 Å². The van der Waals surface area contributed by atoms with Gasteiger partial charge in [-0.3, -0.25) is 9.59 Å². The molecule has 2 atom stereocenters. The van der Waals surface area contributed by atoms with E-state index in [0.29, 0.717) is 11.1 Å². The number of ketones is 2. The lowest BCUT2D eigenvalue weighted by atomic mass is 9.92. The van der Waals surface area contributed by atoms with Gasteiger partial charge in [-0.2, -0.15) is 0 Å². The molecule has 20 heavy (non-hydrogen) atoms. The zero-order valence-corrected chi connectivity index (χ0v) is 13.4. The van der Waals surface area contributed by atoms with Gasteiger partial charge in [0.1, 0.15) is 0 Å². The van der Waals surface area contributed by atoms with Crippen LogP contribution in [0.5, 0.6) is 0 Å². The standard InChI is InChI=1S/C16H8Br2O2/c17-9-5-1-3-7-11(9)13-14(15(7)19)12-8(16(13)20)4-2-6-10(12)18/h1-6,13-14H. The van der Waals surface area contributed by atoms with E-state index >= 15 is 0 Å². The highest BCUT2D eigenvalue weighted by Gasteiger charge is 2.52. The lowest BCUT2D eigenvalue weighted by Gasteiger charge is -2.09. The number of fused-ring (bicyclic) bond motifs is 5. The summed E-state index contributed by atoms with van der Waals surface area (Å²) in [6.07, 6.45) is 0. The second kappa shape index (κ2) is 4.12. The lowest BCUT2D eigenvalue weighted by molar-refractivity contribution is 0.0913. The van der Waals surface area contributed by atoms with Crippen LogP contribution in [0.2, 0.25) is 0 Å². The molecule has 0 amide bonds. The zero-order valence-electron chi connectivity index (χ0n) is 10.2. The van der Waals surface area contributed by atoms with Crippen LogP contribution in [0, 0.1) is 0 Å². The summed E-state index contributed by atoms with van der Waals surface area (Å²) in [4.78, 5) is 25.4. The summed E-state index contributed by atoms with van der Waals surface area (Å²) < 4.78 is 1.68. The molecule has 0 N–H and O–H groups in total. The minimum atomic E-state index is -0.373. The average molecular weight is 392 g/mol. The quantitative estimate of drug-likeness (QED) is 0.663. The molecule has 2 aromatic carbocycles. The van der Waals surface area contributed by atoms with Crippen LogP contribution < -0.4 is 0 Å². The maximum atomic E-state index is 12.7. The van der Waals surface area contributed by atoms with Gasteiger partial charge in [-0.1, -0.05) is 56.1 Å². The molecule has 0 radical (unpaired) electrons. The highest BCUT2D eigenvalue weighted by Crippen LogP contribution is 2.54. The van der Waals surface area contributed by atoms with Gasteiger partial charge in [0.25, 0.3) is 0 Å². The van der Waals surface area contributed by atoms with Crippen LogP contribution in [0.1, 0.15) is 43.7 Å². The first-order valence-corrected chi connectivity index (χ1v) is 7.85. The molecule has 2 unspecified atom stereocenters.